The van der Waals surface area contributed by atoms with Crippen molar-refractivity contribution < 1.29 is 0 Å². The van der Waals surface area contributed by atoms with E-state index >= 15 is 0 Å². The average molecular weight is 241 g/mol. The third-order valence-electron chi connectivity index (χ3n) is 3.83. The predicted molar refractivity (Wildman–Crippen MR) is 77.5 cm³/mol. The monoisotopic (exact) mass is 241 g/mol. The summed E-state index contributed by atoms with van der Waals surface area (Å²) in [6.45, 7) is 2.93. The Bertz CT molecular complexity index is 399. The van der Waals surface area contributed by atoms with Crippen molar-refractivity contribution in [2.75, 3.05) is 6.54 Å². The van der Waals surface area contributed by atoms with Crippen molar-refractivity contribution in [2.45, 2.75) is 51.0 Å². The SMILES string of the molecule is CC#CCCNC1CCCCC1c1ccccc1. The predicted octanol–water partition coefficient (Wildman–Crippen LogP) is 3.72. The van der Waals surface area contributed by atoms with Gasteiger partial charge in [-0.05, 0) is 31.2 Å². The van der Waals surface area contributed by atoms with Gasteiger partial charge in [0, 0.05) is 19.0 Å². The number of nitrogens with one attached hydrogen (secondary N) is 1. The maximum absolute atomic E-state index is 3.70. The maximum atomic E-state index is 3.70. The van der Waals surface area contributed by atoms with Gasteiger partial charge in [0.1, 0.15) is 0 Å². The second kappa shape index (κ2) is 7.24. The van der Waals surface area contributed by atoms with Crippen LogP contribution in [-0.2, 0) is 0 Å². The summed E-state index contributed by atoms with van der Waals surface area (Å²) in [6, 6.07) is 11.6. The molecule has 1 fully saturated rings. The Kier molecular flexibility index (Phi) is 5.30. The molecule has 1 heteroatoms. The van der Waals surface area contributed by atoms with Crippen LogP contribution in [0.25, 0.3) is 0 Å². The van der Waals surface area contributed by atoms with Crippen LogP contribution in [0.4, 0.5) is 0 Å². The van der Waals surface area contributed by atoms with Crippen LogP contribution in [0.3, 0.4) is 0 Å². The zero-order valence-corrected chi connectivity index (χ0v) is 11.3. The summed E-state index contributed by atoms with van der Waals surface area (Å²) >= 11 is 0. The van der Waals surface area contributed by atoms with Gasteiger partial charge >= 0.3 is 0 Å². The van der Waals surface area contributed by atoms with Gasteiger partial charge in [0.15, 0.2) is 0 Å². The molecule has 0 bridgehead atoms. The zero-order chi connectivity index (χ0) is 12.6. The summed E-state index contributed by atoms with van der Waals surface area (Å²) in [5.41, 5.74) is 1.50. The van der Waals surface area contributed by atoms with E-state index in [1.807, 2.05) is 6.92 Å². The van der Waals surface area contributed by atoms with Gasteiger partial charge in [-0.3, -0.25) is 0 Å². The van der Waals surface area contributed by atoms with Gasteiger partial charge in [0.05, 0.1) is 0 Å². The molecule has 1 aliphatic rings. The molecule has 1 N–H and O–H groups in total. The van der Waals surface area contributed by atoms with E-state index < -0.39 is 0 Å². The quantitative estimate of drug-likeness (QED) is 0.626. The van der Waals surface area contributed by atoms with Crippen molar-refractivity contribution in [3.05, 3.63) is 35.9 Å². The number of benzene rings is 1. The van der Waals surface area contributed by atoms with E-state index in [0.717, 1.165) is 13.0 Å². The molecule has 0 aromatic heterocycles. The Morgan fingerprint density at radius 1 is 1.17 bits per heavy atom. The van der Waals surface area contributed by atoms with E-state index in [-0.39, 0.29) is 0 Å². The number of rotatable bonds is 4. The fourth-order valence-electron chi connectivity index (χ4n) is 2.92. The van der Waals surface area contributed by atoms with E-state index in [2.05, 4.69) is 47.5 Å². The third kappa shape index (κ3) is 3.62. The van der Waals surface area contributed by atoms with Gasteiger partial charge in [-0.2, -0.15) is 0 Å². The van der Waals surface area contributed by atoms with E-state index in [1.165, 1.54) is 31.2 Å². The highest BCUT2D eigenvalue weighted by atomic mass is 14.9. The molecule has 1 nitrogen and oxygen atoms in total. The topological polar surface area (TPSA) is 12.0 Å². The molecule has 1 aromatic carbocycles. The van der Waals surface area contributed by atoms with Gasteiger partial charge in [0.2, 0.25) is 0 Å². The maximum Gasteiger partial charge on any atom is 0.0214 e. The summed E-state index contributed by atoms with van der Waals surface area (Å²) in [7, 11) is 0. The molecular formula is C17H23N. The van der Waals surface area contributed by atoms with Crippen molar-refractivity contribution >= 4 is 0 Å². The standard InChI is InChI=1S/C17H23N/c1-2-3-9-14-18-17-13-8-7-12-16(17)15-10-5-4-6-11-15/h4-6,10-11,16-18H,7-9,12-14H2,1H3. The Hall–Kier alpha value is -1.26. The lowest BCUT2D eigenvalue weighted by Gasteiger charge is -2.32. The molecule has 0 heterocycles. The highest BCUT2D eigenvalue weighted by molar-refractivity contribution is 5.22. The van der Waals surface area contributed by atoms with Crippen LogP contribution in [0.5, 0.6) is 0 Å². The van der Waals surface area contributed by atoms with E-state index in [9.17, 15) is 0 Å². The Labute approximate surface area is 111 Å². The van der Waals surface area contributed by atoms with Gasteiger partial charge in [0.25, 0.3) is 0 Å². The molecule has 2 rings (SSSR count). The van der Waals surface area contributed by atoms with Crippen molar-refractivity contribution in [1.82, 2.24) is 5.32 Å². The second-order valence-corrected chi connectivity index (χ2v) is 5.04. The van der Waals surface area contributed by atoms with Crippen LogP contribution in [0.15, 0.2) is 30.3 Å². The van der Waals surface area contributed by atoms with Crippen LogP contribution in [0, 0.1) is 11.8 Å². The fraction of sp³-hybridized carbons (Fsp3) is 0.529. The molecule has 18 heavy (non-hydrogen) atoms. The summed E-state index contributed by atoms with van der Waals surface area (Å²) in [6.07, 6.45) is 6.32. The Morgan fingerprint density at radius 3 is 2.72 bits per heavy atom. The Morgan fingerprint density at radius 2 is 1.94 bits per heavy atom. The van der Waals surface area contributed by atoms with Gasteiger partial charge in [-0.25, -0.2) is 0 Å². The minimum Gasteiger partial charge on any atom is -0.312 e. The molecule has 0 aliphatic heterocycles. The van der Waals surface area contributed by atoms with Crippen molar-refractivity contribution in [2.24, 2.45) is 0 Å². The average Bonchev–Trinajstić information content (AvgIpc) is 2.45. The van der Waals surface area contributed by atoms with Crippen molar-refractivity contribution in [1.29, 1.82) is 0 Å². The van der Waals surface area contributed by atoms with Gasteiger partial charge < -0.3 is 5.32 Å². The molecule has 0 saturated heterocycles. The normalized spacial score (nSPS) is 23.2. The summed E-state index contributed by atoms with van der Waals surface area (Å²) in [5.74, 6) is 6.78. The molecule has 1 saturated carbocycles. The van der Waals surface area contributed by atoms with Crippen LogP contribution in [-0.4, -0.2) is 12.6 Å². The smallest absolute Gasteiger partial charge is 0.0214 e. The second-order valence-electron chi connectivity index (χ2n) is 5.04. The number of hydrogen-bond acceptors (Lipinski definition) is 1. The lowest BCUT2D eigenvalue weighted by atomic mass is 9.80. The van der Waals surface area contributed by atoms with Crippen LogP contribution in [0.2, 0.25) is 0 Å². The number of hydrogen-bond donors (Lipinski definition) is 1. The summed E-state index contributed by atoms with van der Waals surface area (Å²) in [4.78, 5) is 0. The first kappa shape index (κ1) is 13.2. The van der Waals surface area contributed by atoms with Gasteiger partial charge in [-0.1, -0.05) is 43.2 Å². The lowest BCUT2D eigenvalue weighted by molar-refractivity contribution is 0.330. The molecule has 0 spiro atoms. The fourth-order valence-corrected chi connectivity index (χ4v) is 2.92. The molecule has 1 aliphatic carbocycles. The molecule has 2 atom stereocenters. The first-order valence-corrected chi connectivity index (χ1v) is 7.09. The van der Waals surface area contributed by atoms with Gasteiger partial charge in [-0.15, -0.1) is 11.8 Å². The largest absolute Gasteiger partial charge is 0.312 e. The van der Waals surface area contributed by atoms with E-state index in [0.29, 0.717) is 12.0 Å². The van der Waals surface area contributed by atoms with Crippen molar-refractivity contribution in [3.8, 4) is 11.8 Å². The van der Waals surface area contributed by atoms with Crippen LogP contribution >= 0.6 is 0 Å². The summed E-state index contributed by atoms with van der Waals surface area (Å²) < 4.78 is 0. The van der Waals surface area contributed by atoms with E-state index in [4.69, 9.17) is 0 Å². The van der Waals surface area contributed by atoms with Crippen LogP contribution < -0.4 is 5.32 Å². The zero-order valence-electron chi connectivity index (χ0n) is 11.3. The van der Waals surface area contributed by atoms with Crippen molar-refractivity contribution in [3.63, 3.8) is 0 Å². The minimum absolute atomic E-state index is 0.639. The molecular weight excluding hydrogens is 218 g/mol. The minimum atomic E-state index is 0.639. The van der Waals surface area contributed by atoms with E-state index in [1.54, 1.807) is 0 Å². The molecule has 2 unspecified atom stereocenters. The molecule has 0 amide bonds. The molecule has 96 valence electrons. The summed E-state index contributed by atoms with van der Waals surface area (Å²) in [5, 5.41) is 3.70. The first-order chi connectivity index (χ1) is 8.92. The third-order valence-corrected chi connectivity index (χ3v) is 3.83. The van der Waals surface area contributed by atoms with Crippen LogP contribution in [0.1, 0.15) is 50.5 Å². The lowest BCUT2D eigenvalue weighted by Crippen LogP contribution is -2.37. The Balaban J connectivity index is 1.95. The highest BCUT2D eigenvalue weighted by Gasteiger charge is 2.25. The first-order valence-electron chi connectivity index (χ1n) is 7.09. The highest BCUT2D eigenvalue weighted by Crippen LogP contribution is 2.32. The molecule has 1 aromatic rings. The molecule has 0 radical (unpaired) electrons.